The van der Waals surface area contributed by atoms with E-state index in [9.17, 15) is 9.59 Å². The van der Waals surface area contributed by atoms with E-state index in [0.29, 0.717) is 5.75 Å². The zero-order chi connectivity index (χ0) is 9.68. The van der Waals surface area contributed by atoms with Gasteiger partial charge in [-0.3, -0.25) is 0 Å². The molecule has 0 saturated heterocycles. The summed E-state index contributed by atoms with van der Waals surface area (Å²) in [7, 11) is 0. The van der Waals surface area contributed by atoms with Crippen molar-refractivity contribution in [3.8, 4) is 5.75 Å². The molecule has 0 heterocycles. The van der Waals surface area contributed by atoms with Crippen LogP contribution in [0.4, 0.5) is 9.59 Å². The quantitative estimate of drug-likeness (QED) is 0.687. The van der Waals surface area contributed by atoms with Crippen molar-refractivity contribution < 1.29 is 19.4 Å². The van der Waals surface area contributed by atoms with Crippen molar-refractivity contribution in [1.82, 2.24) is 5.32 Å². The topological polar surface area (TPSA) is 75.6 Å². The molecule has 0 aliphatic heterocycles. The summed E-state index contributed by atoms with van der Waals surface area (Å²) in [5.74, 6) is 0.293. The molecule has 0 saturated carbocycles. The molecular weight excluding hydrogens is 174 g/mol. The van der Waals surface area contributed by atoms with E-state index in [4.69, 9.17) is 5.11 Å². The van der Waals surface area contributed by atoms with Crippen LogP contribution in [0.1, 0.15) is 0 Å². The van der Waals surface area contributed by atoms with E-state index in [1.54, 1.807) is 35.6 Å². The maximum Gasteiger partial charge on any atom is 0.422 e. The van der Waals surface area contributed by atoms with Crippen LogP contribution in [0.25, 0.3) is 0 Å². The molecule has 68 valence electrons. The van der Waals surface area contributed by atoms with Gasteiger partial charge in [-0.1, -0.05) is 18.2 Å². The third-order valence-corrected chi connectivity index (χ3v) is 1.16. The molecule has 13 heavy (non-hydrogen) atoms. The Balaban J connectivity index is 2.50. The smallest absolute Gasteiger partial charge is 0.422 e. The van der Waals surface area contributed by atoms with Crippen LogP contribution in [0, 0.1) is 0 Å². The van der Waals surface area contributed by atoms with Crippen molar-refractivity contribution in [3.05, 3.63) is 30.3 Å². The second kappa shape index (κ2) is 4.10. The van der Waals surface area contributed by atoms with Gasteiger partial charge in [-0.15, -0.1) is 0 Å². The van der Waals surface area contributed by atoms with Crippen molar-refractivity contribution >= 4 is 12.2 Å². The Labute approximate surface area is 73.9 Å². The van der Waals surface area contributed by atoms with E-state index in [1.165, 1.54) is 0 Å². The first-order valence-electron chi connectivity index (χ1n) is 3.45. The van der Waals surface area contributed by atoms with Crippen LogP contribution in [-0.2, 0) is 0 Å². The van der Waals surface area contributed by atoms with Gasteiger partial charge in [0.25, 0.3) is 0 Å². The monoisotopic (exact) mass is 181 g/mol. The summed E-state index contributed by atoms with van der Waals surface area (Å²) in [5, 5.41) is 9.70. The van der Waals surface area contributed by atoms with E-state index in [-0.39, 0.29) is 0 Å². The number of hydrogen-bond acceptors (Lipinski definition) is 3. The second-order valence-corrected chi connectivity index (χ2v) is 2.13. The van der Waals surface area contributed by atoms with E-state index in [1.807, 2.05) is 0 Å². The van der Waals surface area contributed by atoms with E-state index < -0.39 is 12.2 Å². The minimum atomic E-state index is -1.44. The zero-order valence-electron chi connectivity index (χ0n) is 6.56. The number of benzene rings is 1. The molecular formula is C8H7NO4. The molecule has 0 aromatic heterocycles. The lowest BCUT2D eigenvalue weighted by Gasteiger charge is -2.01. The lowest BCUT2D eigenvalue weighted by atomic mass is 10.3. The second-order valence-electron chi connectivity index (χ2n) is 2.13. The molecule has 0 spiro atoms. The highest BCUT2D eigenvalue weighted by Crippen LogP contribution is 2.07. The normalized spacial score (nSPS) is 8.92. The molecule has 1 rings (SSSR count). The SMILES string of the molecule is O=C(O)NC(=O)Oc1ccccc1. The Morgan fingerprint density at radius 1 is 1.23 bits per heavy atom. The first kappa shape index (κ1) is 9.05. The number of carbonyl (C=O) groups is 2. The van der Waals surface area contributed by atoms with Crippen molar-refractivity contribution in [2.24, 2.45) is 0 Å². The van der Waals surface area contributed by atoms with E-state index >= 15 is 0 Å². The van der Waals surface area contributed by atoms with Crippen molar-refractivity contribution in [2.45, 2.75) is 0 Å². The molecule has 2 amide bonds. The third-order valence-electron chi connectivity index (χ3n) is 1.16. The first-order chi connectivity index (χ1) is 6.18. The minimum Gasteiger partial charge on any atom is -0.465 e. The van der Waals surface area contributed by atoms with Gasteiger partial charge in [0, 0.05) is 0 Å². The highest BCUT2D eigenvalue weighted by molar-refractivity contribution is 5.87. The molecule has 1 aromatic carbocycles. The fourth-order valence-corrected chi connectivity index (χ4v) is 0.708. The van der Waals surface area contributed by atoms with Crippen LogP contribution in [0.5, 0.6) is 5.75 Å². The van der Waals surface area contributed by atoms with Gasteiger partial charge < -0.3 is 9.84 Å². The van der Waals surface area contributed by atoms with Gasteiger partial charge in [0.1, 0.15) is 5.75 Å². The molecule has 2 N–H and O–H groups in total. The number of rotatable bonds is 1. The van der Waals surface area contributed by atoms with Crippen LogP contribution < -0.4 is 10.1 Å². The number of carboxylic acid groups (broad SMARTS) is 1. The molecule has 0 radical (unpaired) electrons. The number of para-hydroxylation sites is 1. The van der Waals surface area contributed by atoms with Crippen LogP contribution in [0.2, 0.25) is 0 Å². The van der Waals surface area contributed by atoms with Gasteiger partial charge in [0.15, 0.2) is 0 Å². The number of carbonyl (C=O) groups excluding carboxylic acids is 1. The third kappa shape index (κ3) is 3.24. The predicted molar refractivity (Wildman–Crippen MR) is 43.6 cm³/mol. The van der Waals surface area contributed by atoms with Crippen molar-refractivity contribution in [3.63, 3.8) is 0 Å². The molecule has 0 aliphatic carbocycles. The average Bonchev–Trinajstić information content (AvgIpc) is 2.04. The first-order valence-corrected chi connectivity index (χ1v) is 3.45. The number of amides is 2. The standard InChI is InChI=1S/C8H7NO4/c10-7(11)9-8(12)13-6-4-2-1-3-5-6/h1-5H,(H,9,12)(H,10,11). The van der Waals surface area contributed by atoms with E-state index in [0.717, 1.165) is 0 Å². The van der Waals surface area contributed by atoms with Gasteiger partial charge in [-0.25, -0.2) is 14.9 Å². The molecule has 0 aliphatic rings. The number of hydrogen-bond donors (Lipinski definition) is 2. The van der Waals surface area contributed by atoms with Crippen LogP contribution >= 0.6 is 0 Å². The molecule has 5 nitrogen and oxygen atoms in total. The molecule has 0 bridgehead atoms. The predicted octanol–water partition coefficient (Wildman–Crippen LogP) is 1.45. The van der Waals surface area contributed by atoms with Gasteiger partial charge in [0.05, 0.1) is 0 Å². The van der Waals surface area contributed by atoms with Crippen LogP contribution in [0.3, 0.4) is 0 Å². The maximum absolute atomic E-state index is 10.7. The molecule has 0 atom stereocenters. The molecule has 5 heteroatoms. The number of ether oxygens (including phenoxy) is 1. The zero-order valence-corrected chi connectivity index (χ0v) is 6.56. The van der Waals surface area contributed by atoms with Gasteiger partial charge in [-0.05, 0) is 12.1 Å². The summed E-state index contributed by atoms with van der Waals surface area (Å²) in [4.78, 5) is 20.7. The summed E-state index contributed by atoms with van der Waals surface area (Å²) in [6.45, 7) is 0. The fourth-order valence-electron chi connectivity index (χ4n) is 0.708. The maximum atomic E-state index is 10.7. The number of imide groups is 1. The summed E-state index contributed by atoms with van der Waals surface area (Å²) in [6.07, 6.45) is -2.46. The Hall–Kier alpha value is -2.04. The lowest BCUT2D eigenvalue weighted by molar-refractivity contribution is 0.177. The Bertz CT molecular complexity index is 309. The highest BCUT2D eigenvalue weighted by atomic mass is 16.6. The highest BCUT2D eigenvalue weighted by Gasteiger charge is 2.06. The lowest BCUT2D eigenvalue weighted by Crippen LogP contribution is -2.31. The molecule has 0 unspecified atom stereocenters. The van der Waals surface area contributed by atoms with Gasteiger partial charge in [-0.2, -0.15) is 0 Å². The minimum absolute atomic E-state index is 0.293. The fraction of sp³-hybridized carbons (Fsp3) is 0. The van der Waals surface area contributed by atoms with Crippen molar-refractivity contribution in [2.75, 3.05) is 0 Å². The summed E-state index contributed by atoms with van der Waals surface area (Å²) >= 11 is 0. The van der Waals surface area contributed by atoms with Crippen LogP contribution in [0.15, 0.2) is 30.3 Å². The Kier molecular flexibility index (Phi) is 2.86. The average molecular weight is 181 g/mol. The van der Waals surface area contributed by atoms with E-state index in [2.05, 4.69) is 4.74 Å². The van der Waals surface area contributed by atoms with Gasteiger partial charge in [0.2, 0.25) is 0 Å². The Morgan fingerprint density at radius 2 is 1.85 bits per heavy atom. The summed E-state index contributed by atoms with van der Waals surface area (Å²) in [6, 6.07) is 8.18. The summed E-state index contributed by atoms with van der Waals surface area (Å²) < 4.78 is 4.59. The Morgan fingerprint density at radius 3 is 2.38 bits per heavy atom. The number of nitrogens with one attached hydrogen (secondary N) is 1. The van der Waals surface area contributed by atoms with Crippen molar-refractivity contribution in [1.29, 1.82) is 0 Å². The van der Waals surface area contributed by atoms with Gasteiger partial charge >= 0.3 is 12.2 Å². The molecule has 1 aromatic rings. The largest absolute Gasteiger partial charge is 0.465 e. The van der Waals surface area contributed by atoms with Crippen LogP contribution in [-0.4, -0.2) is 17.3 Å². The molecule has 0 fully saturated rings. The summed E-state index contributed by atoms with van der Waals surface area (Å²) in [5.41, 5.74) is 0.